The number of carbonyl (C=O) groups excluding carboxylic acids is 2. The minimum Gasteiger partial charge on any atom is -0.325 e. The minimum absolute atomic E-state index is 0.142. The molecule has 0 fully saturated rings. The number of para-hydroxylation sites is 1. The predicted molar refractivity (Wildman–Crippen MR) is 118 cm³/mol. The molecule has 0 aliphatic heterocycles. The van der Waals surface area contributed by atoms with Crippen LogP contribution in [0.15, 0.2) is 53.4 Å². The van der Waals surface area contributed by atoms with Crippen molar-refractivity contribution in [1.82, 2.24) is 4.90 Å². The summed E-state index contributed by atoms with van der Waals surface area (Å²) in [6.45, 7) is 4.63. The van der Waals surface area contributed by atoms with Crippen LogP contribution >= 0.6 is 11.8 Å². The number of carbonyl (C=O) groups is 2. The normalized spacial score (nSPS) is 11.9. The van der Waals surface area contributed by atoms with Crippen molar-refractivity contribution in [2.45, 2.75) is 31.1 Å². The van der Waals surface area contributed by atoms with Gasteiger partial charge in [-0.15, -0.1) is 11.8 Å². The van der Waals surface area contributed by atoms with Crippen molar-refractivity contribution in [3.63, 3.8) is 0 Å². The van der Waals surface area contributed by atoms with E-state index in [1.54, 1.807) is 23.7 Å². The molecule has 2 aromatic carbocycles. The highest BCUT2D eigenvalue weighted by Crippen LogP contribution is 2.24. The second-order valence-electron chi connectivity index (χ2n) is 6.90. The van der Waals surface area contributed by atoms with Gasteiger partial charge in [0, 0.05) is 10.6 Å². The van der Waals surface area contributed by atoms with Crippen molar-refractivity contribution in [2.75, 3.05) is 37.0 Å². The van der Waals surface area contributed by atoms with E-state index in [4.69, 9.17) is 0 Å². The summed E-state index contributed by atoms with van der Waals surface area (Å²) in [4.78, 5) is 27.2. The Hall–Kier alpha value is -2.31. The van der Waals surface area contributed by atoms with Crippen LogP contribution in [0.4, 0.5) is 11.4 Å². The SMILES string of the molecule is CC[C@H](C)c1ccc(NC(=O)CN(C)CC(=O)Nc2ccccc2SC)cc1. The molecular weight excluding hydrogens is 370 g/mol. The molecule has 0 bridgehead atoms. The third kappa shape index (κ3) is 6.69. The highest BCUT2D eigenvalue weighted by molar-refractivity contribution is 7.98. The van der Waals surface area contributed by atoms with Gasteiger partial charge in [0.05, 0.1) is 18.8 Å². The molecule has 5 nitrogen and oxygen atoms in total. The van der Waals surface area contributed by atoms with Crippen molar-refractivity contribution >= 4 is 35.0 Å². The van der Waals surface area contributed by atoms with Crippen LogP contribution in [0.5, 0.6) is 0 Å². The van der Waals surface area contributed by atoms with Gasteiger partial charge in [-0.05, 0) is 55.5 Å². The Bertz CT molecular complexity index is 793. The molecule has 2 amide bonds. The summed E-state index contributed by atoms with van der Waals surface area (Å²) in [5.41, 5.74) is 2.82. The topological polar surface area (TPSA) is 61.4 Å². The number of amides is 2. The van der Waals surface area contributed by atoms with Crippen LogP contribution in [0.2, 0.25) is 0 Å². The number of anilines is 2. The Balaban J connectivity index is 1.82. The highest BCUT2D eigenvalue weighted by Gasteiger charge is 2.12. The van der Waals surface area contributed by atoms with E-state index >= 15 is 0 Å². The van der Waals surface area contributed by atoms with Crippen LogP contribution in [0.1, 0.15) is 31.7 Å². The molecule has 2 N–H and O–H groups in total. The standard InChI is InChI=1S/C22H29N3O2S/c1-5-16(2)17-10-12-18(13-11-17)23-21(26)14-25(3)15-22(27)24-19-8-6-7-9-20(19)28-4/h6-13,16H,5,14-15H2,1-4H3,(H,23,26)(H,24,27)/t16-/m0/s1. The average Bonchev–Trinajstić information content (AvgIpc) is 2.68. The maximum absolute atomic E-state index is 12.3. The lowest BCUT2D eigenvalue weighted by Gasteiger charge is -2.17. The van der Waals surface area contributed by atoms with Gasteiger partial charge in [0.15, 0.2) is 0 Å². The number of rotatable bonds is 9. The van der Waals surface area contributed by atoms with E-state index in [0.717, 1.165) is 22.7 Å². The molecule has 6 heteroatoms. The number of nitrogens with one attached hydrogen (secondary N) is 2. The summed E-state index contributed by atoms with van der Waals surface area (Å²) in [6.07, 6.45) is 3.05. The molecule has 0 aliphatic rings. The molecule has 28 heavy (non-hydrogen) atoms. The van der Waals surface area contributed by atoms with Gasteiger partial charge in [0.25, 0.3) is 0 Å². The number of nitrogens with zero attached hydrogens (tertiary/aromatic N) is 1. The van der Waals surface area contributed by atoms with Gasteiger partial charge < -0.3 is 10.6 Å². The van der Waals surface area contributed by atoms with Gasteiger partial charge >= 0.3 is 0 Å². The van der Waals surface area contributed by atoms with Gasteiger partial charge in [-0.25, -0.2) is 0 Å². The van der Waals surface area contributed by atoms with Crippen LogP contribution < -0.4 is 10.6 Å². The maximum Gasteiger partial charge on any atom is 0.238 e. The fourth-order valence-electron chi connectivity index (χ4n) is 2.82. The third-order valence-corrected chi connectivity index (χ3v) is 5.38. The summed E-state index contributed by atoms with van der Waals surface area (Å²) in [5.74, 6) is 0.219. The maximum atomic E-state index is 12.3. The molecule has 1 atom stereocenters. The van der Waals surface area contributed by atoms with Gasteiger partial charge in [-0.1, -0.05) is 38.1 Å². The molecule has 2 aromatic rings. The van der Waals surface area contributed by atoms with E-state index in [-0.39, 0.29) is 24.9 Å². The van der Waals surface area contributed by atoms with Crippen LogP contribution in [-0.4, -0.2) is 43.1 Å². The Labute approximate surface area is 171 Å². The minimum atomic E-state index is -0.144. The zero-order chi connectivity index (χ0) is 20.5. The monoisotopic (exact) mass is 399 g/mol. The Kier molecular flexibility index (Phi) is 8.54. The van der Waals surface area contributed by atoms with Crippen molar-refractivity contribution in [3.05, 3.63) is 54.1 Å². The molecule has 0 spiro atoms. The van der Waals surface area contributed by atoms with E-state index in [2.05, 4.69) is 24.5 Å². The van der Waals surface area contributed by atoms with Gasteiger partial charge in [-0.3, -0.25) is 14.5 Å². The first-order valence-corrected chi connectivity index (χ1v) is 10.7. The zero-order valence-corrected chi connectivity index (χ0v) is 17.8. The van der Waals surface area contributed by atoms with E-state index in [1.807, 2.05) is 54.8 Å². The fraction of sp³-hybridized carbons (Fsp3) is 0.364. The quantitative estimate of drug-likeness (QED) is 0.612. The van der Waals surface area contributed by atoms with E-state index in [1.165, 1.54) is 5.56 Å². The predicted octanol–water partition coefficient (Wildman–Crippen LogP) is 4.43. The Morgan fingerprint density at radius 1 is 1.00 bits per heavy atom. The highest BCUT2D eigenvalue weighted by atomic mass is 32.2. The number of hydrogen-bond acceptors (Lipinski definition) is 4. The lowest BCUT2D eigenvalue weighted by Crippen LogP contribution is -2.36. The Morgan fingerprint density at radius 2 is 1.61 bits per heavy atom. The first-order chi connectivity index (χ1) is 13.4. The summed E-state index contributed by atoms with van der Waals surface area (Å²) >= 11 is 1.58. The molecule has 0 radical (unpaired) electrons. The molecule has 0 aromatic heterocycles. The molecule has 2 rings (SSSR count). The van der Waals surface area contributed by atoms with E-state index < -0.39 is 0 Å². The lowest BCUT2D eigenvalue weighted by atomic mass is 9.99. The number of benzene rings is 2. The largest absolute Gasteiger partial charge is 0.325 e. The third-order valence-electron chi connectivity index (χ3n) is 4.58. The van der Waals surface area contributed by atoms with E-state index in [9.17, 15) is 9.59 Å². The smallest absolute Gasteiger partial charge is 0.238 e. The number of thioether (sulfide) groups is 1. The van der Waals surface area contributed by atoms with Gasteiger partial charge in [0.2, 0.25) is 11.8 Å². The summed E-state index contributed by atoms with van der Waals surface area (Å²) in [7, 11) is 1.76. The van der Waals surface area contributed by atoms with Crippen molar-refractivity contribution in [1.29, 1.82) is 0 Å². The first-order valence-electron chi connectivity index (χ1n) is 9.44. The van der Waals surface area contributed by atoms with Gasteiger partial charge in [-0.2, -0.15) is 0 Å². The molecular formula is C22H29N3O2S. The van der Waals surface area contributed by atoms with Crippen LogP contribution in [-0.2, 0) is 9.59 Å². The number of likely N-dealkylation sites (N-methyl/N-ethyl adjacent to an activating group) is 1. The van der Waals surface area contributed by atoms with Crippen molar-refractivity contribution in [3.8, 4) is 0 Å². The number of hydrogen-bond donors (Lipinski definition) is 2. The summed E-state index contributed by atoms with van der Waals surface area (Å²) < 4.78 is 0. The van der Waals surface area contributed by atoms with Crippen molar-refractivity contribution in [2.24, 2.45) is 0 Å². The molecule has 0 saturated heterocycles. The Morgan fingerprint density at radius 3 is 2.21 bits per heavy atom. The lowest BCUT2D eigenvalue weighted by molar-refractivity contribution is -0.119. The van der Waals surface area contributed by atoms with Crippen LogP contribution in [0.3, 0.4) is 0 Å². The second-order valence-corrected chi connectivity index (χ2v) is 7.75. The fourth-order valence-corrected chi connectivity index (χ4v) is 3.37. The van der Waals surface area contributed by atoms with E-state index in [0.29, 0.717) is 5.92 Å². The van der Waals surface area contributed by atoms with Crippen LogP contribution in [0, 0.1) is 0 Å². The zero-order valence-electron chi connectivity index (χ0n) is 17.0. The molecule has 0 unspecified atom stereocenters. The summed E-state index contributed by atoms with van der Waals surface area (Å²) in [6, 6.07) is 15.6. The molecule has 0 aliphatic carbocycles. The molecule has 0 heterocycles. The first kappa shape index (κ1) is 22.0. The summed E-state index contributed by atoms with van der Waals surface area (Å²) in [5, 5.41) is 5.79. The van der Waals surface area contributed by atoms with Crippen LogP contribution in [0.25, 0.3) is 0 Å². The van der Waals surface area contributed by atoms with Crippen molar-refractivity contribution < 1.29 is 9.59 Å². The molecule has 0 saturated carbocycles. The average molecular weight is 400 g/mol. The second kappa shape index (κ2) is 10.9. The molecule has 150 valence electrons. The van der Waals surface area contributed by atoms with Gasteiger partial charge in [0.1, 0.15) is 0 Å².